The molecular formula is C21H26N2O4S. The standard InChI is InChI=1S/C21H26N2O4S/c1-15-4-9-20(14-16(15)2)28(25,26)22-18-7-5-17(6-8-18)21(24)23-12-10-19(27-3)11-13-23/h4-9,14,19,22H,10-13H2,1-3H3. The van der Waals surface area contributed by atoms with Gasteiger partial charge in [-0.2, -0.15) is 0 Å². The molecule has 2 aromatic rings. The summed E-state index contributed by atoms with van der Waals surface area (Å²) in [6.07, 6.45) is 1.87. The van der Waals surface area contributed by atoms with Gasteiger partial charge in [0.1, 0.15) is 0 Å². The van der Waals surface area contributed by atoms with Crippen molar-refractivity contribution in [2.45, 2.75) is 37.7 Å². The van der Waals surface area contributed by atoms with E-state index in [9.17, 15) is 13.2 Å². The monoisotopic (exact) mass is 402 g/mol. The van der Waals surface area contributed by atoms with Crippen LogP contribution in [-0.2, 0) is 14.8 Å². The maximum Gasteiger partial charge on any atom is 0.261 e. The van der Waals surface area contributed by atoms with Gasteiger partial charge in [-0.3, -0.25) is 9.52 Å². The quantitative estimate of drug-likeness (QED) is 0.832. The number of sulfonamides is 1. The van der Waals surface area contributed by atoms with E-state index in [-0.39, 0.29) is 16.9 Å². The number of anilines is 1. The molecule has 0 radical (unpaired) electrons. The van der Waals surface area contributed by atoms with Gasteiger partial charge < -0.3 is 9.64 Å². The number of benzene rings is 2. The minimum absolute atomic E-state index is 0.0434. The van der Waals surface area contributed by atoms with E-state index in [1.165, 1.54) is 0 Å². The van der Waals surface area contributed by atoms with Crippen LogP contribution in [0.2, 0.25) is 0 Å². The van der Waals surface area contributed by atoms with Crippen LogP contribution in [-0.4, -0.2) is 45.5 Å². The second-order valence-corrected chi connectivity index (χ2v) is 8.84. The van der Waals surface area contributed by atoms with E-state index >= 15 is 0 Å². The molecule has 0 unspecified atom stereocenters. The summed E-state index contributed by atoms with van der Waals surface area (Å²) in [6.45, 7) is 5.15. The molecule has 3 rings (SSSR count). The van der Waals surface area contributed by atoms with Crippen LogP contribution in [0.5, 0.6) is 0 Å². The van der Waals surface area contributed by atoms with Crippen molar-refractivity contribution < 1.29 is 17.9 Å². The number of ether oxygens (including phenoxy) is 1. The van der Waals surface area contributed by atoms with Crippen LogP contribution < -0.4 is 4.72 Å². The first-order valence-corrected chi connectivity index (χ1v) is 10.8. The molecule has 2 aromatic carbocycles. The molecule has 1 aliphatic rings. The molecule has 0 aromatic heterocycles. The first-order chi connectivity index (χ1) is 13.3. The zero-order chi connectivity index (χ0) is 20.3. The lowest BCUT2D eigenvalue weighted by molar-refractivity contribution is 0.0351. The molecule has 0 bridgehead atoms. The van der Waals surface area contributed by atoms with Crippen LogP contribution in [0, 0.1) is 13.8 Å². The highest BCUT2D eigenvalue weighted by molar-refractivity contribution is 7.92. The van der Waals surface area contributed by atoms with Gasteiger partial charge in [-0.25, -0.2) is 8.42 Å². The van der Waals surface area contributed by atoms with Crippen molar-refractivity contribution in [1.82, 2.24) is 4.90 Å². The Morgan fingerprint density at radius 1 is 1.04 bits per heavy atom. The second kappa shape index (κ2) is 8.32. The molecular weight excluding hydrogens is 376 g/mol. The van der Waals surface area contributed by atoms with Crippen molar-refractivity contribution in [3.8, 4) is 0 Å². The van der Waals surface area contributed by atoms with Gasteiger partial charge in [0.2, 0.25) is 0 Å². The molecule has 1 amide bonds. The van der Waals surface area contributed by atoms with Crippen LogP contribution in [0.25, 0.3) is 0 Å². The summed E-state index contributed by atoms with van der Waals surface area (Å²) >= 11 is 0. The summed E-state index contributed by atoms with van der Waals surface area (Å²) in [5.74, 6) is -0.0434. The van der Waals surface area contributed by atoms with Crippen molar-refractivity contribution in [2.75, 3.05) is 24.9 Å². The molecule has 1 N–H and O–H groups in total. The number of nitrogens with one attached hydrogen (secondary N) is 1. The summed E-state index contributed by atoms with van der Waals surface area (Å²) in [5, 5.41) is 0. The number of aryl methyl sites for hydroxylation is 2. The molecule has 28 heavy (non-hydrogen) atoms. The lowest BCUT2D eigenvalue weighted by atomic mass is 10.1. The number of piperidine rings is 1. The predicted molar refractivity (Wildman–Crippen MR) is 109 cm³/mol. The minimum atomic E-state index is -3.67. The van der Waals surface area contributed by atoms with Crippen molar-refractivity contribution in [3.05, 3.63) is 59.2 Å². The Morgan fingerprint density at radius 2 is 1.68 bits per heavy atom. The van der Waals surface area contributed by atoms with E-state index in [0.717, 1.165) is 24.0 Å². The molecule has 0 aliphatic carbocycles. The third kappa shape index (κ3) is 4.54. The van der Waals surface area contributed by atoms with Crippen molar-refractivity contribution in [3.63, 3.8) is 0 Å². The zero-order valence-electron chi connectivity index (χ0n) is 16.4. The van der Waals surface area contributed by atoms with Gasteiger partial charge in [-0.1, -0.05) is 6.07 Å². The van der Waals surface area contributed by atoms with Crippen LogP contribution in [0.3, 0.4) is 0 Å². The molecule has 7 heteroatoms. The van der Waals surface area contributed by atoms with Gasteiger partial charge in [-0.05, 0) is 74.2 Å². The van der Waals surface area contributed by atoms with Crippen LogP contribution in [0.15, 0.2) is 47.4 Å². The smallest absolute Gasteiger partial charge is 0.261 e. The highest BCUT2D eigenvalue weighted by atomic mass is 32.2. The van der Waals surface area contributed by atoms with Gasteiger partial charge in [-0.15, -0.1) is 0 Å². The number of rotatable bonds is 5. The summed E-state index contributed by atoms with van der Waals surface area (Å²) in [7, 11) is -1.98. The molecule has 1 aliphatic heterocycles. The Kier molecular flexibility index (Phi) is 6.05. The third-order valence-electron chi connectivity index (χ3n) is 5.24. The number of hydrogen-bond acceptors (Lipinski definition) is 4. The van der Waals surface area contributed by atoms with Crippen LogP contribution in [0.4, 0.5) is 5.69 Å². The van der Waals surface area contributed by atoms with Gasteiger partial charge in [0, 0.05) is 31.5 Å². The highest BCUT2D eigenvalue weighted by Crippen LogP contribution is 2.21. The number of likely N-dealkylation sites (tertiary alicyclic amines) is 1. The van der Waals surface area contributed by atoms with Gasteiger partial charge >= 0.3 is 0 Å². The maximum absolute atomic E-state index is 12.6. The van der Waals surface area contributed by atoms with E-state index in [4.69, 9.17) is 4.74 Å². The topological polar surface area (TPSA) is 75.7 Å². The molecule has 0 atom stereocenters. The first kappa shape index (κ1) is 20.4. The average Bonchev–Trinajstić information content (AvgIpc) is 2.70. The number of carbonyl (C=O) groups excluding carboxylic acids is 1. The first-order valence-electron chi connectivity index (χ1n) is 9.32. The van der Waals surface area contributed by atoms with E-state index in [0.29, 0.717) is 24.3 Å². The average molecular weight is 403 g/mol. The Labute approximate surface area is 166 Å². The fourth-order valence-electron chi connectivity index (χ4n) is 3.25. The Morgan fingerprint density at radius 3 is 2.25 bits per heavy atom. The molecule has 1 saturated heterocycles. The SMILES string of the molecule is COC1CCN(C(=O)c2ccc(NS(=O)(=O)c3ccc(C)c(C)c3)cc2)CC1. The molecule has 1 heterocycles. The lowest BCUT2D eigenvalue weighted by Gasteiger charge is -2.31. The Balaban J connectivity index is 1.68. The predicted octanol–water partition coefficient (Wildman–Crippen LogP) is 3.36. The lowest BCUT2D eigenvalue weighted by Crippen LogP contribution is -2.40. The van der Waals surface area contributed by atoms with Gasteiger partial charge in [0.25, 0.3) is 15.9 Å². The number of amides is 1. The zero-order valence-corrected chi connectivity index (χ0v) is 17.3. The molecule has 0 saturated carbocycles. The fraction of sp³-hybridized carbons (Fsp3) is 0.381. The number of carbonyl (C=O) groups is 1. The number of hydrogen-bond donors (Lipinski definition) is 1. The van der Waals surface area contributed by atoms with E-state index in [1.54, 1.807) is 49.6 Å². The van der Waals surface area contributed by atoms with Crippen molar-refractivity contribution >= 4 is 21.6 Å². The maximum atomic E-state index is 12.6. The third-order valence-corrected chi connectivity index (χ3v) is 6.61. The van der Waals surface area contributed by atoms with Gasteiger partial charge in [0.15, 0.2) is 0 Å². The second-order valence-electron chi connectivity index (χ2n) is 7.16. The summed E-state index contributed by atoms with van der Waals surface area (Å²) in [4.78, 5) is 14.7. The normalized spacial score (nSPS) is 15.5. The van der Waals surface area contributed by atoms with Crippen LogP contribution >= 0.6 is 0 Å². The Hall–Kier alpha value is -2.38. The highest BCUT2D eigenvalue weighted by Gasteiger charge is 2.23. The number of methoxy groups -OCH3 is 1. The van der Waals surface area contributed by atoms with Gasteiger partial charge in [0.05, 0.1) is 11.0 Å². The summed E-state index contributed by atoms with van der Waals surface area (Å²) in [5.41, 5.74) is 2.93. The molecule has 150 valence electrons. The molecule has 6 nitrogen and oxygen atoms in total. The summed E-state index contributed by atoms with van der Waals surface area (Å²) < 4.78 is 33.1. The molecule has 0 spiro atoms. The van der Waals surface area contributed by atoms with Crippen LogP contribution in [0.1, 0.15) is 34.3 Å². The Bertz CT molecular complexity index is 947. The fourth-order valence-corrected chi connectivity index (χ4v) is 4.40. The van der Waals surface area contributed by atoms with E-state index in [1.807, 2.05) is 18.7 Å². The van der Waals surface area contributed by atoms with E-state index in [2.05, 4.69) is 4.72 Å². The van der Waals surface area contributed by atoms with E-state index < -0.39 is 10.0 Å². The largest absolute Gasteiger partial charge is 0.381 e. The van der Waals surface area contributed by atoms with Crippen molar-refractivity contribution in [1.29, 1.82) is 0 Å². The number of nitrogens with zero attached hydrogens (tertiary/aromatic N) is 1. The summed E-state index contributed by atoms with van der Waals surface area (Å²) in [6, 6.07) is 11.6. The minimum Gasteiger partial charge on any atom is -0.381 e. The molecule has 1 fully saturated rings. The van der Waals surface area contributed by atoms with Crippen molar-refractivity contribution in [2.24, 2.45) is 0 Å².